The van der Waals surface area contributed by atoms with Gasteiger partial charge in [-0.2, -0.15) is 0 Å². The van der Waals surface area contributed by atoms with Gasteiger partial charge in [-0.1, -0.05) is 20.8 Å². The lowest BCUT2D eigenvalue weighted by Gasteiger charge is -2.47. The zero-order valence-corrected chi connectivity index (χ0v) is 13.0. The van der Waals surface area contributed by atoms with E-state index in [1.165, 1.54) is 12.8 Å². The van der Waals surface area contributed by atoms with E-state index in [4.69, 9.17) is 0 Å². The van der Waals surface area contributed by atoms with E-state index in [1.807, 2.05) is 0 Å². The Bertz CT molecular complexity index is 313. The normalized spacial score (nSPS) is 44.6. The van der Waals surface area contributed by atoms with Crippen LogP contribution >= 0.6 is 0 Å². The third-order valence-corrected chi connectivity index (χ3v) is 6.21. The summed E-state index contributed by atoms with van der Waals surface area (Å²) in [6, 6.07) is 1.50. The summed E-state index contributed by atoms with van der Waals surface area (Å²) < 4.78 is 1.10. The molecule has 2 bridgehead atoms. The summed E-state index contributed by atoms with van der Waals surface area (Å²) in [6.07, 6.45) is 2.83. The molecule has 4 atom stereocenters. The molecule has 2 saturated carbocycles. The van der Waals surface area contributed by atoms with E-state index < -0.39 is 0 Å². The predicted molar refractivity (Wildman–Crippen MR) is 73.9 cm³/mol. The molecule has 0 spiro atoms. The largest absolute Gasteiger partial charge is 0.327 e. The monoisotopic (exact) mass is 239 g/mol. The van der Waals surface area contributed by atoms with E-state index in [0.29, 0.717) is 10.8 Å². The topological polar surface area (TPSA) is 3.24 Å². The maximum absolute atomic E-state index is 2.54. The molecule has 2 rings (SSSR count). The standard InChI is InChI=1S/C15H31N2/c1-14(2)11-9-10-15(14,3)13(16(4)5)12(11)17(6,7)8/h11-13H,9-10H2,1-8H3/q+1. The van der Waals surface area contributed by atoms with Gasteiger partial charge >= 0.3 is 0 Å². The van der Waals surface area contributed by atoms with Crippen molar-refractivity contribution in [2.45, 2.75) is 45.7 Å². The van der Waals surface area contributed by atoms with Crippen LogP contribution in [0.2, 0.25) is 0 Å². The van der Waals surface area contributed by atoms with Gasteiger partial charge in [0.2, 0.25) is 0 Å². The van der Waals surface area contributed by atoms with E-state index in [0.717, 1.165) is 22.5 Å². The summed E-state index contributed by atoms with van der Waals surface area (Å²) in [7, 11) is 11.7. The highest BCUT2D eigenvalue weighted by atomic mass is 15.4. The van der Waals surface area contributed by atoms with Gasteiger partial charge in [-0.3, -0.25) is 0 Å². The molecule has 0 saturated heterocycles. The Kier molecular flexibility index (Phi) is 2.73. The Hall–Kier alpha value is -0.0800. The highest BCUT2D eigenvalue weighted by Gasteiger charge is 2.70. The first-order valence-electron chi connectivity index (χ1n) is 7.01. The van der Waals surface area contributed by atoms with Gasteiger partial charge in [0.05, 0.1) is 27.2 Å². The van der Waals surface area contributed by atoms with Crippen LogP contribution in [-0.4, -0.2) is 56.7 Å². The summed E-state index contributed by atoms with van der Waals surface area (Å²) in [5, 5.41) is 0. The first kappa shape index (κ1) is 13.4. The maximum atomic E-state index is 2.54. The highest BCUT2D eigenvalue weighted by Crippen LogP contribution is 2.67. The number of hydrogen-bond donors (Lipinski definition) is 0. The predicted octanol–water partition coefficient (Wildman–Crippen LogP) is 2.45. The number of fused-ring (bicyclic) bond motifs is 2. The molecular weight excluding hydrogens is 208 g/mol. The Morgan fingerprint density at radius 2 is 1.59 bits per heavy atom. The Labute approximate surface area is 108 Å². The van der Waals surface area contributed by atoms with E-state index in [-0.39, 0.29) is 0 Å². The fraction of sp³-hybridized carbons (Fsp3) is 1.00. The minimum absolute atomic E-state index is 0.483. The van der Waals surface area contributed by atoms with Crippen molar-refractivity contribution in [1.82, 2.24) is 4.90 Å². The Morgan fingerprint density at radius 3 is 1.94 bits per heavy atom. The molecule has 0 aliphatic heterocycles. The fourth-order valence-corrected chi connectivity index (χ4v) is 5.12. The molecule has 2 aliphatic rings. The molecular formula is C15H31N2+. The van der Waals surface area contributed by atoms with Crippen molar-refractivity contribution in [1.29, 1.82) is 0 Å². The van der Waals surface area contributed by atoms with Crippen LogP contribution in [0.3, 0.4) is 0 Å². The summed E-state index contributed by atoms with van der Waals surface area (Å²) in [6.45, 7) is 7.56. The lowest BCUT2D eigenvalue weighted by molar-refractivity contribution is -0.902. The third kappa shape index (κ3) is 1.53. The van der Waals surface area contributed by atoms with Gasteiger partial charge in [0.15, 0.2) is 0 Å². The second-order valence-electron chi connectivity index (χ2n) is 8.30. The molecule has 4 unspecified atom stereocenters. The van der Waals surface area contributed by atoms with Gasteiger partial charge < -0.3 is 9.38 Å². The molecule has 0 aromatic rings. The summed E-state index contributed by atoms with van der Waals surface area (Å²) >= 11 is 0. The van der Waals surface area contributed by atoms with Crippen molar-refractivity contribution in [3.63, 3.8) is 0 Å². The van der Waals surface area contributed by atoms with Crippen molar-refractivity contribution in [2.24, 2.45) is 16.7 Å². The van der Waals surface area contributed by atoms with Gasteiger partial charge in [-0.15, -0.1) is 0 Å². The van der Waals surface area contributed by atoms with Crippen LogP contribution < -0.4 is 0 Å². The van der Waals surface area contributed by atoms with Crippen molar-refractivity contribution in [2.75, 3.05) is 35.2 Å². The highest BCUT2D eigenvalue weighted by molar-refractivity contribution is 5.17. The maximum Gasteiger partial charge on any atom is 0.108 e. The quantitative estimate of drug-likeness (QED) is 0.669. The van der Waals surface area contributed by atoms with E-state index in [1.54, 1.807) is 0 Å². The molecule has 0 heterocycles. The van der Waals surface area contributed by atoms with Gasteiger partial charge in [-0.05, 0) is 37.8 Å². The molecule has 2 heteroatoms. The van der Waals surface area contributed by atoms with Crippen molar-refractivity contribution in [3.05, 3.63) is 0 Å². The smallest absolute Gasteiger partial charge is 0.108 e. The van der Waals surface area contributed by atoms with Crippen molar-refractivity contribution in [3.8, 4) is 0 Å². The number of likely N-dealkylation sites (N-methyl/N-ethyl adjacent to an activating group) is 2. The van der Waals surface area contributed by atoms with Gasteiger partial charge in [0.25, 0.3) is 0 Å². The molecule has 100 valence electrons. The number of rotatable bonds is 2. The Morgan fingerprint density at radius 1 is 1.06 bits per heavy atom. The number of quaternary nitrogens is 1. The SMILES string of the molecule is CN(C)C1C([N+](C)(C)C)C2CCC1(C)C2(C)C. The van der Waals surface area contributed by atoms with E-state index >= 15 is 0 Å². The zero-order valence-electron chi connectivity index (χ0n) is 13.0. The van der Waals surface area contributed by atoms with Crippen LogP contribution in [0.15, 0.2) is 0 Å². The van der Waals surface area contributed by atoms with E-state index in [9.17, 15) is 0 Å². The van der Waals surface area contributed by atoms with Crippen LogP contribution in [0, 0.1) is 16.7 Å². The molecule has 2 aliphatic carbocycles. The first-order chi connectivity index (χ1) is 7.53. The summed E-state index contributed by atoms with van der Waals surface area (Å²) in [5.41, 5.74) is 0.968. The molecule has 2 nitrogen and oxygen atoms in total. The summed E-state index contributed by atoms with van der Waals surface area (Å²) in [4.78, 5) is 2.50. The van der Waals surface area contributed by atoms with Crippen molar-refractivity contribution < 1.29 is 4.48 Å². The molecule has 2 fully saturated rings. The molecule has 0 aromatic carbocycles. The van der Waals surface area contributed by atoms with Crippen molar-refractivity contribution >= 4 is 0 Å². The first-order valence-corrected chi connectivity index (χ1v) is 7.01. The Balaban J connectivity index is 2.49. The molecule has 0 radical (unpaired) electrons. The second kappa shape index (κ2) is 3.48. The second-order valence-corrected chi connectivity index (χ2v) is 8.30. The minimum atomic E-state index is 0.483. The lowest BCUT2D eigenvalue weighted by Crippen LogP contribution is -2.60. The summed E-state index contributed by atoms with van der Waals surface area (Å²) in [5.74, 6) is 0.875. The van der Waals surface area contributed by atoms with Crippen LogP contribution in [0.1, 0.15) is 33.6 Å². The van der Waals surface area contributed by atoms with Crippen LogP contribution in [0.5, 0.6) is 0 Å². The third-order valence-electron chi connectivity index (χ3n) is 6.21. The fourth-order valence-electron chi connectivity index (χ4n) is 5.12. The number of nitrogens with zero attached hydrogens (tertiary/aromatic N) is 2. The molecule has 0 N–H and O–H groups in total. The van der Waals surface area contributed by atoms with E-state index in [2.05, 4.69) is 60.9 Å². The van der Waals surface area contributed by atoms with Crippen LogP contribution in [0.25, 0.3) is 0 Å². The van der Waals surface area contributed by atoms with Crippen LogP contribution in [-0.2, 0) is 0 Å². The minimum Gasteiger partial charge on any atom is -0.327 e. The zero-order chi connectivity index (χ0) is 13.2. The lowest BCUT2D eigenvalue weighted by atomic mass is 9.69. The van der Waals surface area contributed by atoms with Gasteiger partial charge in [0.1, 0.15) is 6.04 Å². The molecule has 0 amide bonds. The number of hydrogen-bond acceptors (Lipinski definition) is 1. The molecule has 0 aromatic heterocycles. The molecule has 17 heavy (non-hydrogen) atoms. The average molecular weight is 239 g/mol. The van der Waals surface area contributed by atoms with Crippen LogP contribution in [0.4, 0.5) is 0 Å². The van der Waals surface area contributed by atoms with Gasteiger partial charge in [0, 0.05) is 5.92 Å². The van der Waals surface area contributed by atoms with Gasteiger partial charge in [-0.25, -0.2) is 0 Å². The average Bonchev–Trinajstić information content (AvgIpc) is 2.44.